The van der Waals surface area contributed by atoms with Crippen molar-refractivity contribution in [1.29, 1.82) is 0 Å². The largest absolute Gasteiger partial charge is 0.341 e. The van der Waals surface area contributed by atoms with E-state index in [4.69, 9.17) is 0 Å². The van der Waals surface area contributed by atoms with Gasteiger partial charge in [0.05, 0.1) is 0 Å². The van der Waals surface area contributed by atoms with E-state index in [-0.39, 0.29) is 5.91 Å². The number of hydrogen-bond acceptors (Lipinski definition) is 2. The van der Waals surface area contributed by atoms with Gasteiger partial charge in [0.25, 0.3) is 0 Å². The Labute approximate surface area is 109 Å². The fourth-order valence-electron chi connectivity index (χ4n) is 2.50. The van der Waals surface area contributed by atoms with Crippen LogP contribution in [0, 0.1) is 6.92 Å². The van der Waals surface area contributed by atoms with Crippen molar-refractivity contribution >= 4 is 5.91 Å². The molecule has 1 atom stereocenters. The SMILES string of the molecule is CNC1CCN(C(=O)CCc2cccc(C)c2)C1. The molecule has 18 heavy (non-hydrogen) atoms. The second kappa shape index (κ2) is 6.01. The Morgan fingerprint density at radius 3 is 3.00 bits per heavy atom. The molecule has 1 aliphatic heterocycles. The number of likely N-dealkylation sites (N-methyl/N-ethyl adjacent to an activating group) is 1. The van der Waals surface area contributed by atoms with E-state index in [1.807, 2.05) is 11.9 Å². The summed E-state index contributed by atoms with van der Waals surface area (Å²) in [6.45, 7) is 3.85. The predicted molar refractivity (Wildman–Crippen MR) is 73.5 cm³/mol. The number of amides is 1. The topological polar surface area (TPSA) is 32.3 Å². The summed E-state index contributed by atoms with van der Waals surface area (Å²) < 4.78 is 0. The zero-order valence-corrected chi connectivity index (χ0v) is 11.3. The van der Waals surface area contributed by atoms with Crippen LogP contribution in [0.15, 0.2) is 24.3 Å². The first kappa shape index (κ1) is 13.1. The summed E-state index contributed by atoms with van der Waals surface area (Å²) in [5, 5.41) is 3.24. The minimum atomic E-state index is 0.286. The molecule has 1 aromatic rings. The average Bonchev–Trinajstić information content (AvgIpc) is 2.85. The van der Waals surface area contributed by atoms with Crippen LogP contribution in [-0.2, 0) is 11.2 Å². The lowest BCUT2D eigenvalue weighted by molar-refractivity contribution is -0.130. The lowest BCUT2D eigenvalue weighted by Gasteiger charge is -2.16. The van der Waals surface area contributed by atoms with E-state index in [1.165, 1.54) is 11.1 Å². The van der Waals surface area contributed by atoms with Crippen molar-refractivity contribution < 1.29 is 4.79 Å². The van der Waals surface area contributed by atoms with Crippen molar-refractivity contribution in [2.75, 3.05) is 20.1 Å². The number of hydrogen-bond donors (Lipinski definition) is 1. The highest BCUT2D eigenvalue weighted by molar-refractivity contribution is 5.76. The maximum Gasteiger partial charge on any atom is 0.222 e. The van der Waals surface area contributed by atoms with Gasteiger partial charge in [0.1, 0.15) is 0 Å². The summed E-state index contributed by atoms with van der Waals surface area (Å²) >= 11 is 0. The van der Waals surface area contributed by atoms with Gasteiger partial charge in [0.2, 0.25) is 5.91 Å². The molecule has 1 saturated heterocycles. The van der Waals surface area contributed by atoms with Gasteiger partial charge in [-0.15, -0.1) is 0 Å². The number of nitrogens with one attached hydrogen (secondary N) is 1. The standard InChI is InChI=1S/C15H22N2O/c1-12-4-3-5-13(10-12)6-7-15(18)17-9-8-14(11-17)16-2/h3-5,10,14,16H,6-9,11H2,1-2H3. The van der Waals surface area contributed by atoms with Crippen LogP contribution in [0.2, 0.25) is 0 Å². The maximum absolute atomic E-state index is 12.1. The Kier molecular flexibility index (Phi) is 4.37. The molecule has 0 aliphatic carbocycles. The van der Waals surface area contributed by atoms with Crippen molar-refractivity contribution in [3.05, 3.63) is 35.4 Å². The molecule has 0 radical (unpaired) electrons. The maximum atomic E-state index is 12.1. The third-order valence-corrected chi connectivity index (χ3v) is 3.66. The predicted octanol–water partition coefficient (Wildman–Crippen LogP) is 1.75. The molecule has 1 amide bonds. The van der Waals surface area contributed by atoms with Crippen LogP contribution in [0.5, 0.6) is 0 Å². The molecule has 1 aliphatic rings. The molecule has 98 valence electrons. The van der Waals surface area contributed by atoms with Crippen molar-refractivity contribution in [1.82, 2.24) is 10.2 Å². The smallest absolute Gasteiger partial charge is 0.222 e. The highest BCUT2D eigenvalue weighted by Crippen LogP contribution is 2.12. The summed E-state index contributed by atoms with van der Waals surface area (Å²) in [5.41, 5.74) is 2.52. The van der Waals surface area contributed by atoms with Crippen LogP contribution in [0.3, 0.4) is 0 Å². The van der Waals surface area contributed by atoms with Gasteiger partial charge < -0.3 is 10.2 Å². The number of nitrogens with zero attached hydrogens (tertiary/aromatic N) is 1. The van der Waals surface area contributed by atoms with E-state index >= 15 is 0 Å². The van der Waals surface area contributed by atoms with Gasteiger partial charge in [-0.25, -0.2) is 0 Å². The highest BCUT2D eigenvalue weighted by atomic mass is 16.2. The fourth-order valence-corrected chi connectivity index (χ4v) is 2.50. The van der Waals surface area contributed by atoms with E-state index in [0.29, 0.717) is 12.5 Å². The van der Waals surface area contributed by atoms with Gasteiger partial charge >= 0.3 is 0 Å². The molecule has 1 unspecified atom stereocenters. The molecule has 0 bridgehead atoms. The molecule has 1 fully saturated rings. The number of likely N-dealkylation sites (tertiary alicyclic amines) is 1. The number of carbonyl (C=O) groups is 1. The lowest BCUT2D eigenvalue weighted by Crippen LogP contribution is -2.33. The minimum absolute atomic E-state index is 0.286. The quantitative estimate of drug-likeness (QED) is 0.878. The summed E-state index contributed by atoms with van der Waals surface area (Å²) in [6, 6.07) is 8.88. The minimum Gasteiger partial charge on any atom is -0.341 e. The van der Waals surface area contributed by atoms with Crippen molar-refractivity contribution in [2.24, 2.45) is 0 Å². The third kappa shape index (κ3) is 3.33. The summed E-state index contributed by atoms with van der Waals surface area (Å²) in [7, 11) is 1.96. The van der Waals surface area contributed by atoms with Crippen molar-refractivity contribution in [3.63, 3.8) is 0 Å². The lowest BCUT2D eigenvalue weighted by atomic mass is 10.1. The molecule has 1 aromatic carbocycles. The fraction of sp³-hybridized carbons (Fsp3) is 0.533. The van der Waals surface area contributed by atoms with Crippen LogP contribution in [0.4, 0.5) is 0 Å². The zero-order valence-electron chi connectivity index (χ0n) is 11.3. The van der Waals surface area contributed by atoms with Crippen molar-refractivity contribution in [2.45, 2.75) is 32.2 Å². The Hall–Kier alpha value is -1.35. The number of rotatable bonds is 4. The molecule has 1 N–H and O–H groups in total. The molecule has 3 nitrogen and oxygen atoms in total. The van der Waals surface area contributed by atoms with Crippen LogP contribution in [0.25, 0.3) is 0 Å². The number of aryl methyl sites for hydroxylation is 2. The monoisotopic (exact) mass is 246 g/mol. The Morgan fingerprint density at radius 2 is 2.33 bits per heavy atom. The normalized spacial score (nSPS) is 19.2. The summed E-state index contributed by atoms with van der Waals surface area (Å²) in [4.78, 5) is 14.0. The Balaban J connectivity index is 1.82. The van der Waals surface area contributed by atoms with E-state index in [1.54, 1.807) is 0 Å². The molecular formula is C15H22N2O. The molecular weight excluding hydrogens is 224 g/mol. The molecule has 1 heterocycles. The first-order chi connectivity index (χ1) is 8.69. The van der Waals surface area contributed by atoms with Gasteiger partial charge in [-0.2, -0.15) is 0 Å². The van der Waals surface area contributed by atoms with Crippen LogP contribution >= 0.6 is 0 Å². The number of benzene rings is 1. The molecule has 3 heteroatoms. The van der Waals surface area contributed by atoms with E-state index in [2.05, 4.69) is 36.5 Å². The first-order valence-corrected chi connectivity index (χ1v) is 6.69. The second-order valence-electron chi connectivity index (χ2n) is 5.10. The van der Waals surface area contributed by atoms with Gasteiger partial charge in [-0.1, -0.05) is 29.8 Å². The highest BCUT2D eigenvalue weighted by Gasteiger charge is 2.24. The molecule has 0 saturated carbocycles. The molecule has 0 aromatic heterocycles. The van der Waals surface area contributed by atoms with Gasteiger partial charge in [0, 0.05) is 25.6 Å². The first-order valence-electron chi connectivity index (χ1n) is 6.69. The van der Waals surface area contributed by atoms with Gasteiger partial charge in [-0.3, -0.25) is 4.79 Å². The number of carbonyl (C=O) groups excluding carboxylic acids is 1. The van der Waals surface area contributed by atoms with Crippen LogP contribution < -0.4 is 5.32 Å². The molecule has 2 rings (SSSR count). The van der Waals surface area contributed by atoms with E-state index < -0.39 is 0 Å². The Morgan fingerprint density at radius 1 is 1.50 bits per heavy atom. The van der Waals surface area contributed by atoms with Gasteiger partial charge in [-0.05, 0) is 32.4 Å². The summed E-state index contributed by atoms with van der Waals surface area (Å²) in [6.07, 6.45) is 2.55. The molecule has 0 spiro atoms. The Bertz CT molecular complexity index is 417. The zero-order chi connectivity index (χ0) is 13.0. The third-order valence-electron chi connectivity index (χ3n) is 3.66. The van der Waals surface area contributed by atoms with Crippen molar-refractivity contribution in [3.8, 4) is 0 Å². The average molecular weight is 246 g/mol. The van der Waals surface area contributed by atoms with E-state index in [0.717, 1.165) is 25.9 Å². The van der Waals surface area contributed by atoms with Gasteiger partial charge in [0.15, 0.2) is 0 Å². The van der Waals surface area contributed by atoms with Crippen LogP contribution in [-0.4, -0.2) is 37.0 Å². The summed E-state index contributed by atoms with van der Waals surface area (Å²) in [5.74, 6) is 0.286. The van der Waals surface area contributed by atoms with Crippen LogP contribution in [0.1, 0.15) is 24.0 Å². The van der Waals surface area contributed by atoms with E-state index in [9.17, 15) is 4.79 Å². The second-order valence-corrected chi connectivity index (χ2v) is 5.10.